The van der Waals surface area contributed by atoms with Gasteiger partial charge in [-0.1, -0.05) is 54.1 Å². The van der Waals surface area contributed by atoms with E-state index >= 15 is 0 Å². The highest BCUT2D eigenvalue weighted by molar-refractivity contribution is 6.34. The molecule has 182 valence electrons. The maximum Gasteiger partial charge on any atom is 0.333 e. The molecule has 0 aliphatic carbocycles. The van der Waals surface area contributed by atoms with Crippen LogP contribution in [0.25, 0.3) is 49.6 Å². The Kier molecular flexibility index (Phi) is 5.60. The molecule has 38 heavy (non-hydrogen) atoms. The van der Waals surface area contributed by atoms with E-state index in [1.54, 1.807) is 42.7 Å². The molecule has 0 atom stereocenters. The summed E-state index contributed by atoms with van der Waals surface area (Å²) in [6.45, 7) is 1.91. The van der Waals surface area contributed by atoms with E-state index in [2.05, 4.69) is 21.0 Å². The SMILES string of the molecule is Cc1cnc(C#N)cc1-c1cccc(Cl)c1-c1ccc2c(=O)n(-c3cncc4ccccc34)c(=O)[nH]c2c1. The van der Waals surface area contributed by atoms with E-state index < -0.39 is 11.2 Å². The molecule has 0 saturated carbocycles. The number of fused-ring (bicyclic) bond motifs is 2. The van der Waals surface area contributed by atoms with Gasteiger partial charge in [-0.15, -0.1) is 0 Å². The Morgan fingerprint density at radius 1 is 0.921 bits per heavy atom. The number of hydrogen-bond donors (Lipinski definition) is 1. The molecule has 0 unspecified atom stereocenters. The first kappa shape index (κ1) is 23.3. The summed E-state index contributed by atoms with van der Waals surface area (Å²) in [5, 5.41) is 11.8. The van der Waals surface area contributed by atoms with Gasteiger partial charge in [0.15, 0.2) is 0 Å². The Morgan fingerprint density at radius 2 is 1.76 bits per heavy atom. The Balaban J connectivity index is 1.57. The number of aromatic amines is 1. The summed E-state index contributed by atoms with van der Waals surface area (Å²) in [4.78, 5) is 38.0. The van der Waals surface area contributed by atoms with Crippen LogP contribution in [0.1, 0.15) is 11.3 Å². The predicted molar refractivity (Wildman–Crippen MR) is 149 cm³/mol. The van der Waals surface area contributed by atoms with Gasteiger partial charge in [-0.05, 0) is 53.4 Å². The number of H-pyrrole nitrogens is 1. The van der Waals surface area contributed by atoms with E-state index in [4.69, 9.17) is 11.6 Å². The molecule has 6 rings (SSSR count). The summed E-state index contributed by atoms with van der Waals surface area (Å²) in [5.41, 5.74) is 4.03. The topological polar surface area (TPSA) is 104 Å². The smallest absolute Gasteiger partial charge is 0.306 e. The van der Waals surface area contributed by atoms with E-state index in [0.717, 1.165) is 37.6 Å². The molecule has 0 fully saturated rings. The number of aryl methyl sites for hydroxylation is 1. The number of halogens is 1. The van der Waals surface area contributed by atoms with Crippen molar-refractivity contribution in [2.45, 2.75) is 6.92 Å². The second-order valence-corrected chi connectivity index (χ2v) is 9.28. The molecular formula is C30H18ClN5O2. The highest BCUT2D eigenvalue weighted by Gasteiger charge is 2.17. The molecule has 1 N–H and O–H groups in total. The van der Waals surface area contributed by atoms with Gasteiger partial charge >= 0.3 is 5.69 Å². The molecule has 6 aromatic rings. The van der Waals surface area contributed by atoms with Gasteiger partial charge in [0.05, 0.1) is 22.8 Å². The first-order chi connectivity index (χ1) is 18.5. The molecule has 0 aliphatic rings. The fourth-order valence-corrected chi connectivity index (χ4v) is 5.07. The number of nitrogens with zero attached hydrogens (tertiary/aromatic N) is 4. The van der Waals surface area contributed by atoms with Crippen molar-refractivity contribution in [3.8, 4) is 34.0 Å². The van der Waals surface area contributed by atoms with E-state index in [1.165, 1.54) is 6.20 Å². The number of pyridine rings is 2. The fourth-order valence-electron chi connectivity index (χ4n) is 4.79. The van der Waals surface area contributed by atoms with Gasteiger partial charge in [0.1, 0.15) is 11.8 Å². The minimum Gasteiger partial charge on any atom is -0.306 e. The van der Waals surface area contributed by atoms with Crippen LogP contribution in [0.3, 0.4) is 0 Å². The Bertz CT molecular complexity index is 2070. The van der Waals surface area contributed by atoms with E-state index in [9.17, 15) is 14.9 Å². The summed E-state index contributed by atoms with van der Waals surface area (Å²) >= 11 is 6.69. The summed E-state index contributed by atoms with van der Waals surface area (Å²) < 4.78 is 1.11. The summed E-state index contributed by atoms with van der Waals surface area (Å²) in [5.74, 6) is 0. The third kappa shape index (κ3) is 3.76. The van der Waals surface area contributed by atoms with E-state index in [-0.39, 0.29) is 0 Å². The molecule has 0 radical (unpaired) electrons. The third-order valence-corrected chi connectivity index (χ3v) is 6.91. The predicted octanol–water partition coefficient (Wildman–Crippen LogP) is 5.79. The number of rotatable bonds is 3. The van der Waals surface area contributed by atoms with Crippen LogP contribution in [0.15, 0.2) is 94.9 Å². The number of nitrogens with one attached hydrogen (secondary N) is 1. The van der Waals surface area contributed by atoms with Gasteiger partial charge in [0.25, 0.3) is 5.56 Å². The van der Waals surface area contributed by atoms with Gasteiger partial charge in [-0.25, -0.2) is 14.3 Å². The Labute approximate surface area is 221 Å². The van der Waals surface area contributed by atoms with Gasteiger partial charge < -0.3 is 4.98 Å². The van der Waals surface area contributed by atoms with E-state index in [1.807, 2.05) is 43.3 Å². The van der Waals surface area contributed by atoms with Crippen LogP contribution in [-0.2, 0) is 0 Å². The Morgan fingerprint density at radius 3 is 2.61 bits per heavy atom. The number of benzene rings is 3. The molecular weight excluding hydrogens is 498 g/mol. The highest BCUT2D eigenvalue weighted by Crippen LogP contribution is 2.39. The Hall–Kier alpha value is -5.06. The first-order valence-electron chi connectivity index (χ1n) is 11.7. The standard InChI is InChI=1S/C30H18ClN5O2/c1-17-14-34-20(13-32)12-24(17)22-7-4-8-25(31)28(22)18-9-10-23-26(11-18)35-30(38)36(29(23)37)27-16-33-15-19-5-2-3-6-21(19)27/h2-12,14-16H,1H3,(H,35,38). The normalized spacial score (nSPS) is 11.1. The van der Waals surface area contributed by atoms with Crippen molar-refractivity contribution in [2.24, 2.45) is 0 Å². The second-order valence-electron chi connectivity index (χ2n) is 8.87. The number of nitriles is 1. The second kappa shape index (κ2) is 9.11. The summed E-state index contributed by atoms with van der Waals surface area (Å²) in [6.07, 6.45) is 4.86. The zero-order valence-corrected chi connectivity index (χ0v) is 20.8. The van der Waals surface area contributed by atoms with Crippen molar-refractivity contribution in [2.75, 3.05) is 0 Å². The highest BCUT2D eigenvalue weighted by atomic mass is 35.5. The number of aromatic nitrogens is 4. The molecule has 0 spiro atoms. The lowest BCUT2D eigenvalue weighted by molar-refractivity contribution is 0.902. The zero-order valence-electron chi connectivity index (χ0n) is 20.1. The monoisotopic (exact) mass is 515 g/mol. The van der Waals surface area contributed by atoms with E-state index in [0.29, 0.717) is 32.9 Å². The van der Waals surface area contributed by atoms with Crippen LogP contribution in [0.4, 0.5) is 0 Å². The molecule has 0 bridgehead atoms. The molecule has 0 aliphatic heterocycles. The van der Waals surface area contributed by atoms with Gasteiger partial charge in [0.2, 0.25) is 0 Å². The average Bonchev–Trinajstić information content (AvgIpc) is 2.93. The van der Waals surface area contributed by atoms with Gasteiger partial charge in [-0.3, -0.25) is 9.78 Å². The van der Waals surface area contributed by atoms with Crippen molar-refractivity contribution in [3.63, 3.8) is 0 Å². The van der Waals surface area contributed by atoms with Crippen LogP contribution < -0.4 is 11.2 Å². The van der Waals surface area contributed by atoms with Crippen LogP contribution >= 0.6 is 11.6 Å². The first-order valence-corrected chi connectivity index (χ1v) is 12.1. The van der Waals surface area contributed by atoms with Crippen LogP contribution in [0.2, 0.25) is 5.02 Å². The molecule has 3 aromatic heterocycles. The zero-order chi connectivity index (χ0) is 26.4. The lowest BCUT2D eigenvalue weighted by Gasteiger charge is -2.15. The van der Waals surface area contributed by atoms with Crippen LogP contribution in [0.5, 0.6) is 0 Å². The molecule has 0 saturated heterocycles. The fraction of sp³-hybridized carbons (Fsp3) is 0.0333. The maximum atomic E-state index is 13.6. The molecule has 3 aromatic carbocycles. The summed E-state index contributed by atoms with van der Waals surface area (Å²) in [6, 6.07) is 22.0. The molecule has 3 heterocycles. The van der Waals surface area contributed by atoms with Gasteiger partial charge in [-0.2, -0.15) is 5.26 Å². The largest absolute Gasteiger partial charge is 0.333 e. The van der Waals surface area contributed by atoms with Crippen molar-refractivity contribution < 1.29 is 0 Å². The lowest BCUT2D eigenvalue weighted by Crippen LogP contribution is -2.33. The van der Waals surface area contributed by atoms with Gasteiger partial charge in [0, 0.05) is 33.8 Å². The lowest BCUT2D eigenvalue weighted by atomic mass is 9.92. The maximum absolute atomic E-state index is 13.6. The molecule has 8 heteroatoms. The minimum atomic E-state index is -0.569. The number of hydrogen-bond acceptors (Lipinski definition) is 5. The quantitative estimate of drug-likeness (QED) is 0.321. The average molecular weight is 516 g/mol. The molecule has 7 nitrogen and oxygen atoms in total. The van der Waals surface area contributed by atoms with Crippen LogP contribution in [-0.4, -0.2) is 19.5 Å². The molecule has 0 amide bonds. The van der Waals surface area contributed by atoms with Crippen molar-refractivity contribution in [1.82, 2.24) is 19.5 Å². The summed E-state index contributed by atoms with van der Waals surface area (Å²) in [7, 11) is 0. The van der Waals surface area contributed by atoms with Crippen molar-refractivity contribution in [1.29, 1.82) is 5.26 Å². The minimum absolute atomic E-state index is 0.294. The third-order valence-electron chi connectivity index (χ3n) is 6.60. The van der Waals surface area contributed by atoms with Crippen molar-refractivity contribution >= 4 is 33.3 Å². The van der Waals surface area contributed by atoms with Crippen LogP contribution in [0, 0.1) is 18.3 Å². The van der Waals surface area contributed by atoms with Crippen molar-refractivity contribution in [3.05, 3.63) is 122 Å².